The van der Waals surface area contributed by atoms with Crippen molar-refractivity contribution in [1.29, 1.82) is 0 Å². The molecule has 2 rings (SSSR count). The van der Waals surface area contributed by atoms with Crippen LogP contribution in [0.3, 0.4) is 0 Å². The maximum atomic E-state index is 13.1. The zero-order valence-corrected chi connectivity index (χ0v) is 12.0. The molecule has 1 aromatic carbocycles. The first kappa shape index (κ1) is 15.1. The number of rotatable bonds is 6. The molecule has 0 fully saturated rings. The average Bonchev–Trinajstić information content (AvgIpc) is 2.93. The maximum absolute atomic E-state index is 13.1. The summed E-state index contributed by atoms with van der Waals surface area (Å²) < 4.78 is 18.2. The Bertz CT molecular complexity index is 683. The van der Waals surface area contributed by atoms with E-state index in [4.69, 9.17) is 4.74 Å². The van der Waals surface area contributed by atoms with Gasteiger partial charge >= 0.3 is 5.69 Å². The van der Waals surface area contributed by atoms with Gasteiger partial charge in [-0.25, -0.2) is 4.39 Å². The van der Waals surface area contributed by atoms with E-state index in [0.29, 0.717) is 4.88 Å². The largest absolute Gasteiger partial charge is 0.478 e. The molecular weight excluding hydrogens is 297 g/mol. The van der Waals surface area contributed by atoms with E-state index < -0.39 is 10.7 Å². The third kappa shape index (κ3) is 3.63. The van der Waals surface area contributed by atoms with Crippen LogP contribution in [0.1, 0.15) is 21.5 Å². The van der Waals surface area contributed by atoms with Gasteiger partial charge < -0.3 is 4.74 Å². The second-order valence-electron chi connectivity index (χ2n) is 4.20. The number of nitro benzene ring substituents is 1. The number of carbonyl (C=O) groups is 1. The fraction of sp³-hybridized carbons (Fsp3) is 0.214. The van der Waals surface area contributed by atoms with Crippen LogP contribution in [-0.2, 0) is 6.42 Å². The molecule has 0 saturated heterocycles. The molecule has 0 unspecified atom stereocenters. The van der Waals surface area contributed by atoms with Crippen molar-refractivity contribution < 1.29 is 18.8 Å². The minimum absolute atomic E-state index is 0.249. The lowest BCUT2D eigenvalue weighted by atomic mass is 10.3. The Morgan fingerprint density at radius 2 is 2.14 bits per heavy atom. The monoisotopic (exact) mass is 309 g/mol. The van der Waals surface area contributed by atoms with Crippen molar-refractivity contribution in [2.75, 3.05) is 6.61 Å². The number of nitro groups is 1. The van der Waals surface area contributed by atoms with E-state index in [1.165, 1.54) is 11.3 Å². The number of ether oxygens (including phenoxy) is 1. The van der Waals surface area contributed by atoms with E-state index in [1.54, 1.807) is 6.07 Å². The lowest BCUT2D eigenvalue weighted by molar-refractivity contribution is -0.385. The van der Waals surface area contributed by atoms with Crippen molar-refractivity contribution in [3.8, 4) is 5.75 Å². The highest BCUT2D eigenvalue weighted by Gasteiger charge is 2.18. The van der Waals surface area contributed by atoms with Gasteiger partial charge in [-0.3, -0.25) is 14.9 Å². The smallest absolute Gasteiger partial charge is 0.311 e. The van der Waals surface area contributed by atoms with Gasteiger partial charge in [0.1, 0.15) is 5.82 Å². The van der Waals surface area contributed by atoms with Crippen LogP contribution in [0.5, 0.6) is 5.75 Å². The summed E-state index contributed by atoms with van der Waals surface area (Å²) in [5.74, 6) is -1.20. The topological polar surface area (TPSA) is 69.4 Å². The Hall–Kier alpha value is -2.28. The Morgan fingerprint density at radius 1 is 1.38 bits per heavy atom. The molecule has 5 nitrogen and oxygen atoms in total. The molecule has 110 valence electrons. The zero-order valence-electron chi connectivity index (χ0n) is 11.2. The molecule has 0 aliphatic carbocycles. The number of carbonyl (C=O) groups excluding carboxylic acids is 1. The van der Waals surface area contributed by atoms with Gasteiger partial charge in [-0.15, -0.1) is 11.3 Å². The molecule has 0 amide bonds. The molecule has 1 heterocycles. The van der Waals surface area contributed by atoms with E-state index in [9.17, 15) is 19.3 Å². The van der Waals surface area contributed by atoms with Crippen LogP contribution >= 0.6 is 11.3 Å². The molecule has 0 aliphatic rings. The molecular formula is C14H12FNO4S. The first-order chi connectivity index (χ1) is 10.0. The quantitative estimate of drug-likeness (QED) is 0.464. The molecule has 21 heavy (non-hydrogen) atoms. The van der Waals surface area contributed by atoms with Crippen LogP contribution in [0.2, 0.25) is 0 Å². The third-order valence-electron chi connectivity index (χ3n) is 2.76. The molecule has 0 N–H and O–H groups in total. The van der Waals surface area contributed by atoms with Crippen LogP contribution in [-0.4, -0.2) is 17.3 Å². The predicted octanol–water partition coefficient (Wildman–Crippen LogP) is 3.62. The Balaban J connectivity index is 2.10. The number of hydrogen-bond donors (Lipinski definition) is 0. The van der Waals surface area contributed by atoms with Crippen molar-refractivity contribution in [3.63, 3.8) is 0 Å². The summed E-state index contributed by atoms with van der Waals surface area (Å²) in [7, 11) is 0. The van der Waals surface area contributed by atoms with Gasteiger partial charge in [0.25, 0.3) is 0 Å². The van der Waals surface area contributed by atoms with Gasteiger partial charge in [0.2, 0.25) is 5.78 Å². The fourth-order valence-corrected chi connectivity index (χ4v) is 2.56. The SMILES string of the molecule is CCc1ccc(C(=O)COc2cc(F)ccc2[N+](=O)[O-])s1. The third-order valence-corrected chi connectivity index (χ3v) is 4.03. The summed E-state index contributed by atoms with van der Waals surface area (Å²) in [6.07, 6.45) is 0.828. The van der Waals surface area contributed by atoms with E-state index in [-0.39, 0.29) is 23.8 Å². The van der Waals surface area contributed by atoms with E-state index in [1.807, 2.05) is 13.0 Å². The summed E-state index contributed by atoms with van der Waals surface area (Å²) in [6, 6.07) is 6.42. The Labute approximate surface area is 124 Å². The van der Waals surface area contributed by atoms with Crippen molar-refractivity contribution in [2.24, 2.45) is 0 Å². The molecule has 2 aromatic rings. The number of ketones is 1. The lowest BCUT2D eigenvalue weighted by Gasteiger charge is -2.05. The second kappa shape index (κ2) is 6.45. The van der Waals surface area contributed by atoms with Gasteiger partial charge in [-0.2, -0.15) is 0 Å². The molecule has 7 heteroatoms. The number of benzene rings is 1. The maximum Gasteiger partial charge on any atom is 0.311 e. The summed E-state index contributed by atoms with van der Waals surface area (Å²) in [5, 5.41) is 10.8. The lowest BCUT2D eigenvalue weighted by Crippen LogP contribution is -2.11. The minimum Gasteiger partial charge on any atom is -0.478 e. The van der Waals surface area contributed by atoms with Crippen molar-refractivity contribution in [2.45, 2.75) is 13.3 Å². The highest BCUT2D eigenvalue weighted by molar-refractivity contribution is 7.14. The number of halogens is 1. The normalized spacial score (nSPS) is 10.4. The van der Waals surface area contributed by atoms with Gasteiger partial charge in [0.15, 0.2) is 12.4 Å². The summed E-state index contributed by atoms with van der Waals surface area (Å²) in [4.78, 5) is 23.6. The number of nitrogens with zero attached hydrogens (tertiary/aromatic N) is 1. The number of aryl methyl sites for hydroxylation is 1. The Kier molecular flexibility index (Phi) is 4.64. The summed E-state index contributed by atoms with van der Waals surface area (Å²) >= 11 is 1.35. The summed E-state index contributed by atoms with van der Waals surface area (Å²) in [6.45, 7) is 1.61. The highest BCUT2D eigenvalue weighted by atomic mass is 32.1. The van der Waals surface area contributed by atoms with E-state index in [0.717, 1.165) is 29.5 Å². The molecule has 0 radical (unpaired) electrons. The minimum atomic E-state index is -0.681. The predicted molar refractivity (Wildman–Crippen MR) is 76.6 cm³/mol. The molecule has 0 atom stereocenters. The van der Waals surface area contributed by atoms with Gasteiger partial charge in [0.05, 0.1) is 9.80 Å². The fourth-order valence-electron chi connectivity index (χ4n) is 1.69. The van der Waals surface area contributed by atoms with Crippen LogP contribution < -0.4 is 4.74 Å². The van der Waals surface area contributed by atoms with Crippen LogP contribution in [0, 0.1) is 15.9 Å². The second-order valence-corrected chi connectivity index (χ2v) is 5.37. The summed E-state index contributed by atoms with van der Waals surface area (Å²) in [5.41, 5.74) is -0.371. The number of hydrogen-bond acceptors (Lipinski definition) is 5. The van der Waals surface area contributed by atoms with E-state index in [2.05, 4.69) is 0 Å². The van der Waals surface area contributed by atoms with Crippen LogP contribution in [0.25, 0.3) is 0 Å². The first-order valence-corrected chi connectivity index (χ1v) is 7.01. The van der Waals surface area contributed by atoms with Crippen molar-refractivity contribution in [1.82, 2.24) is 0 Å². The molecule has 0 spiro atoms. The number of Topliss-reactive ketones (excluding diaryl/α,β-unsaturated/α-hetero) is 1. The zero-order chi connectivity index (χ0) is 15.4. The standard InChI is InChI=1S/C14H12FNO4S/c1-2-10-4-6-14(21-10)12(17)8-20-13-7-9(15)3-5-11(13)16(18)19/h3-7H,2,8H2,1H3. The molecule has 0 saturated carbocycles. The average molecular weight is 309 g/mol. The van der Waals surface area contributed by atoms with E-state index >= 15 is 0 Å². The van der Waals surface area contributed by atoms with Gasteiger partial charge in [-0.1, -0.05) is 6.92 Å². The van der Waals surface area contributed by atoms with Crippen LogP contribution in [0.15, 0.2) is 30.3 Å². The highest BCUT2D eigenvalue weighted by Crippen LogP contribution is 2.27. The van der Waals surface area contributed by atoms with Crippen molar-refractivity contribution in [3.05, 3.63) is 56.0 Å². The van der Waals surface area contributed by atoms with Crippen molar-refractivity contribution >= 4 is 22.8 Å². The van der Waals surface area contributed by atoms with Crippen LogP contribution in [0.4, 0.5) is 10.1 Å². The number of thiophene rings is 1. The molecule has 0 aliphatic heterocycles. The van der Waals surface area contributed by atoms with Gasteiger partial charge in [-0.05, 0) is 24.6 Å². The molecule has 0 bridgehead atoms. The molecule has 1 aromatic heterocycles. The first-order valence-electron chi connectivity index (χ1n) is 6.20. The Morgan fingerprint density at radius 3 is 2.76 bits per heavy atom. The van der Waals surface area contributed by atoms with Gasteiger partial charge in [0, 0.05) is 17.0 Å².